The van der Waals surface area contributed by atoms with Crippen molar-refractivity contribution in [2.75, 3.05) is 19.7 Å². The molecule has 0 bridgehead atoms. The Bertz CT molecular complexity index is 722. The first-order valence-electron chi connectivity index (χ1n) is 9.31. The topological polar surface area (TPSA) is 72.9 Å². The predicted octanol–water partition coefficient (Wildman–Crippen LogP) is 3.30. The van der Waals surface area contributed by atoms with Crippen molar-refractivity contribution in [3.8, 4) is 0 Å². The number of benzene rings is 1. The lowest BCUT2D eigenvalue weighted by Gasteiger charge is -2.39. The van der Waals surface area contributed by atoms with E-state index >= 15 is 0 Å². The number of carbonyl (C=O) groups excluding carboxylic acids is 3. The highest BCUT2D eigenvalue weighted by molar-refractivity contribution is 6.06. The Morgan fingerprint density at radius 3 is 2.52 bits per heavy atom. The van der Waals surface area contributed by atoms with E-state index in [0.29, 0.717) is 0 Å². The van der Waals surface area contributed by atoms with Gasteiger partial charge in [0.15, 0.2) is 5.78 Å². The van der Waals surface area contributed by atoms with Crippen LogP contribution in [0.1, 0.15) is 45.2 Å². The van der Waals surface area contributed by atoms with Gasteiger partial charge in [0.1, 0.15) is 11.0 Å². The number of hydrogen-bond acceptors (Lipinski definition) is 5. The molecule has 0 spiro atoms. The van der Waals surface area contributed by atoms with Crippen LogP contribution in [0.15, 0.2) is 24.3 Å². The summed E-state index contributed by atoms with van der Waals surface area (Å²) in [5.74, 6) is -0.820. The molecule has 0 saturated carbocycles. The Morgan fingerprint density at radius 1 is 1.26 bits per heavy atom. The average molecular weight is 375 g/mol. The highest BCUT2D eigenvalue weighted by Crippen LogP contribution is 2.35. The van der Waals surface area contributed by atoms with Gasteiger partial charge in [0.05, 0.1) is 13.2 Å². The lowest BCUT2D eigenvalue weighted by molar-refractivity contribution is -0.163. The first kappa shape index (κ1) is 20.9. The van der Waals surface area contributed by atoms with Crippen LogP contribution in [0, 0.1) is 12.3 Å². The van der Waals surface area contributed by atoms with Gasteiger partial charge in [-0.15, -0.1) is 0 Å². The smallest absolute Gasteiger partial charge is 0.410 e. The molecule has 1 aromatic rings. The summed E-state index contributed by atoms with van der Waals surface area (Å²) >= 11 is 0. The molecule has 1 atom stereocenters. The van der Waals surface area contributed by atoms with Crippen LogP contribution in [0.4, 0.5) is 4.79 Å². The van der Waals surface area contributed by atoms with Gasteiger partial charge in [0, 0.05) is 6.54 Å². The maximum absolute atomic E-state index is 13.1. The van der Waals surface area contributed by atoms with Gasteiger partial charge in [-0.05, 0) is 53.0 Å². The largest absolute Gasteiger partial charge is 0.465 e. The van der Waals surface area contributed by atoms with E-state index in [-0.39, 0.29) is 38.3 Å². The van der Waals surface area contributed by atoms with Crippen LogP contribution in [0.25, 0.3) is 0 Å². The number of Topliss-reactive ketones (excluding diaryl/α,β-unsaturated/α-hetero) is 1. The van der Waals surface area contributed by atoms with Crippen molar-refractivity contribution in [1.82, 2.24) is 4.90 Å². The van der Waals surface area contributed by atoms with E-state index in [2.05, 4.69) is 0 Å². The van der Waals surface area contributed by atoms with E-state index < -0.39 is 23.1 Å². The number of ketones is 1. The minimum Gasteiger partial charge on any atom is -0.465 e. The summed E-state index contributed by atoms with van der Waals surface area (Å²) in [4.78, 5) is 39.5. The van der Waals surface area contributed by atoms with Crippen molar-refractivity contribution >= 4 is 17.8 Å². The number of amides is 1. The molecule has 0 radical (unpaired) electrons. The molecule has 0 N–H and O–H groups in total. The molecule has 0 aliphatic carbocycles. The van der Waals surface area contributed by atoms with Crippen LogP contribution < -0.4 is 0 Å². The summed E-state index contributed by atoms with van der Waals surface area (Å²) in [5.41, 5.74) is 0.0620. The van der Waals surface area contributed by atoms with Crippen molar-refractivity contribution in [2.24, 2.45) is 5.41 Å². The monoisotopic (exact) mass is 375 g/mol. The van der Waals surface area contributed by atoms with E-state index in [0.717, 1.165) is 11.1 Å². The molecule has 1 aliphatic heterocycles. The van der Waals surface area contributed by atoms with Gasteiger partial charge >= 0.3 is 12.1 Å². The van der Waals surface area contributed by atoms with Crippen molar-refractivity contribution in [3.63, 3.8) is 0 Å². The highest BCUT2D eigenvalue weighted by Gasteiger charge is 2.50. The molecule has 6 heteroatoms. The van der Waals surface area contributed by atoms with E-state index in [9.17, 15) is 14.4 Å². The van der Waals surface area contributed by atoms with Crippen LogP contribution in [0.2, 0.25) is 0 Å². The summed E-state index contributed by atoms with van der Waals surface area (Å²) in [6.45, 7) is 9.33. The number of likely N-dealkylation sites (tertiary alicyclic amines) is 1. The third kappa shape index (κ3) is 5.08. The molecule has 1 aromatic carbocycles. The van der Waals surface area contributed by atoms with Crippen molar-refractivity contribution in [3.05, 3.63) is 35.4 Å². The summed E-state index contributed by atoms with van der Waals surface area (Å²) < 4.78 is 10.6. The first-order valence-corrected chi connectivity index (χ1v) is 9.31. The summed E-state index contributed by atoms with van der Waals surface area (Å²) in [6.07, 6.45) is -0.0457. The van der Waals surface area contributed by atoms with Crippen molar-refractivity contribution in [2.45, 2.75) is 53.1 Å². The third-order valence-electron chi connectivity index (χ3n) is 4.58. The molecule has 1 saturated heterocycles. The molecule has 27 heavy (non-hydrogen) atoms. The Morgan fingerprint density at radius 2 is 1.96 bits per heavy atom. The number of nitrogens with zero attached hydrogens (tertiary/aromatic N) is 1. The number of carbonyl (C=O) groups is 3. The van der Waals surface area contributed by atoms with Gasteiger partial charge in [-0.2, -0.15) is 0 Å². The molecular weight excluding hydrogens is 346 g/mol. The number of aryl methyl sites for hydroxylation is 1. The van der Waals surface area contributed by atoms with Crippen LogP contribution in [-0.4, -0.2) is 48.0 Å². The van der Waals surface area contributed by atoms with Crippen molar-refractivity contribution < 1.29 is 23.9 Å². The van der Waals surface area contributed by atoms with Crippen LogP contribution in [0.5, 0.6) is 0 Å². The quantitative estimate of drug-likeness (QED) is 0.596. The molecular formula is C21H29NO5. The maximum Gasteiger partial charge on any atom is 0.410 e. The number of esters is 1. The fourth-order valence-electron chi connectivity index (χ4n) is 3.27. The van der Waals surface area contributed by atoms with Gasteiger partial charge in [0.2, 0.25) is 0 Å². The molecule has 6 nitrogen and oxygen atoms in total. The van der Waals surface area contributed by atoms with Crippen LogP contribution >= 0.6 is 0 Å². The molecule has 2 rings (SSSR count). The van der Waals surface area contributed by atoms with E-state index in [4.69, 9.17) is 9.47 Å². The number of piperidine rings is 1. The second-order valence-corrected chi connectivity index (χ2v) is 8.04. The summed E-state index contributed by atoms with van der Waals surface area (Å²) in [7, 11) is 0. The Labute approximate surface area is 160 Å². The summed E-state index contributed by atoms with van der Waals surface area (Å²) in [6, 6.07) is 7.74. The predicted molar refractivity (Wildman–Crippen MR) is 101 cm³/mol. The molecule has 0 aromatic heterocycles. The second kappa shape index (κ2) is 8.11. The fourth-order valence-corrected chi connectivity index (χ4v) is 3.27. The fraction of sp³-hybridized carbons (Fsp3) is 0.571. The minimum atomic E-state index is -1.26. The molecule has 1 heterocycles. The first-order chi connectivity index (χ1) is 12.6. The molecule has 1 amide bonds. The average Bonchev–Trinajstić information content (AvgIpc) is 2.55. The Hall–Kier alpha value is -2.37. The molecule has 148 valence electrons. The second-order valence-electron chi connectivity index (χ2n) is 8.04. The van der Waals surface area contributed by atoms with Gasteiger partial charge in [-0.1, -0.05) is 29.8 Å². The molecule has 1 unspecified atom stereocenters. The van der Waals surface area contributed by atoms with Gasteiger partial charge < -0.3 is 14.4 Å². The molecule has 1 fully saturated rings. The zero-order valence-corrected chi connectivity index (χ0v) is 16.8. The van der Waals surface area contributed by atoms with Crippen LogP contribution in [-0.2, 0) is 25.5 Å². The lowest BCUT2D eigenvalue weighted by atomic mass is 9.72. The Balaban J connectivity index is 2.24. The van der Waals surface area contributed by atoms with Gasteiger partial charge in [-0.25, -0.2) is 4.79 Å². The minimum absolute atomic E-state index is 0.153. The SMILES string of the molecule is CCOC(=O)C1(Cc2cccc(C)c2)CCN(C(=O)OC(C)(C)C)CC1=O. The normalized spacial score (nSPS) is 20.3. The standard InChI is InChI=1S/C21H29NO5/c1-6-26-18(24)21(13-16-9-7-8-15(2)12-16)10-11-22(14-17(21)23)19(25)27-20(3,4)5/h7-9,12H,6,10-11,13-14H2,1-5H3. The lowest BCUT2D eigenvalue weighted by Crippen LogP contribution is -2.55. The zero-order chi connectivity index (χ0) is 20.2. The number of rotatable bonds is 4. The van der Waals surface area contributed by atoms with E-state index in [1.807, 2.05) is 31.2 Å². The molecule has 1 aliphatic rings. The maximum atomic E-state index is 13.1. The highest BCUT2D eigenvalue weighted by atomic mass is 16.6. The van der Waals surface area contributed by atoms with Gasteiger partial charge in [-0.3, -0.25) is 9.59 Å². The van der Waals surface area contributed by atoms with Crippen LogP contribution in [0.3, 0.4) is 0 Å². The summed E-state index contributed by atoms with van der Waals surface area (Å²) in [5, 5.41) is 0. The van der Waals surface area contributed by atoms with Crippen molar-refractivity contribution in [1.29, 1.82) is 0 Å². The number of hydrogen-bond donors (Lipinski definition) is 0. The van der Waals surface area contributed by atoms with Gasteiger partial charge in [0.25, 0.3) is 0 Å². The van der Waals surface area contributed by atoms with E-state index in [1.165, 1.54) is 4.90 Å². The number of ether oxygens (including phenoxy) is 2. The third-order valence-corrected chi connectivity index (χ3v) is 4.58. The zero-order valence-electron chi connectivity index (χ0n) is 16.8. The Kier molecular flexibility index (Phi) is 6.29. The van der Waals surface area contributed by atoms with E-state index in [1.54, 1.807) is 27.7 Å².